The summed E-state index contributed by atoms with van der Waals surface area (Å²) < 4.78 is 7.24. The molecule has 0 saturated carbocycles. The molecular weight excluding hydrogens is 190 g/mol. The summed E-state index contributed by atoms with van der Waals surface area (Å²) in [5.74, 6) is 0.536. The molecule has 2 heterocycles. The Morgan fingerprint density at radius 1 is 1.53 bits per heavy atom. The van der Waals surface area contributed by atoms with Crippen LogP contribution in [0.3, 0.4) is 0 Å². The van der Waals surface area contributed by atoms with Crippen LogP contribution in [0.4, 0.5) is 0 Å². The quantitative estimate of drug-likeness (QED) is 0.795. The number of nitrogens with two attached hydrogens (primary N) is 1. The molecule has 15 heavy (non-hydrogen) atoms. The van der Waals surface area contributed by atoms with E-state index in [1.165, 1.54) is 0 Å². The van der Waals surface area contributed by atoms with Crippen molar-refractivity contribution in [3.8, 4) is 0 Å². The van der Waals surface area contributed by atoms with Gasteiger partial charge in [-0.15, -0.1) is 0 Å². The molecule has 0 aliphatic carbocycles. The fourth-order valence-corrected chi connectivity index (χ4v) is 2.26. The van der Waals surface area contributed by atoms with E-state index < -0.39 is 0 Å². The Labute approximate surface area is 90.4 Å². The summed E-state index contributed by atoms with van der Waals surface area (Å²) in [4.78, 5) is 0. The van der Waals surface area contributed by atoms with Gasteiger partial charge in [-0.3, -0.25) is 4.68 Å². The van der Waals surface area contributed by atoms with Crippen molar-refractivity contribution in [1.29, 1.82) is 0 Å². The molecule has 1 aromatic heterocycles. The van der Waals surface area contributed by atoms with Crippen LogP contribution in [0.15, 0.2) is 6.07 Å². The predicted octanol–water partition coefficient (Wildman–Crippen LogP) is 1.15. The summed E-state index contributed by atoms with van der Waals surface area (Å²) in [7, 11) is 1.96. The van der Waals surface area contributed by atoms with Gasteiger partial charge in [0.05, 0.1) is 11.4 Å². The minimum absolute atomic E-state index is 0.0973. The van der Waals surface area contributed by atoms with Crippen molar-refractivity contribution in [3.05, 3.63) is 17.5 Å². The Kier molecular flexibility index (Phi) is 3.07. The van der Waals surface area contributed by atoms with Gasteiger partial charge >= 0.3 is 0 Å². The van der Waals surface area contributed by atoms with Crippen LogP contribution in [0, 0.1) is 12.8 Å². The summed E-state index contributed by atoms with van der Waals surface area (Å²) in [5.41, 5.74) is 8.44. The molecule has 4 nitrogen and oxygen atoms in total. The number of aryl methyl sites for hydroxylation is 2. The van der Waals surface area contributed by atoms with Gasteiger partial charge in [0.2, 0.25) is 0 Å². The van der Waals surface area contributed by atoms with Crippen molar-refractivity contribution in [2.24, 2.45) is 18.7 Å². The standard InChI is InChI=1S/C11H19N3O/c1-8-7-10(14(2)13-8)11(12)9-3-5-15-6-4-9/h7,9,11H,3-6,12H2,1-2H3. The van der Waals surface area contributed by atoms with Gasteiger partial charge in [-0.2, -0.15) is 5.10 Å². The van der Waals surface area contributed by atoms with Crippen molar-refractivity contribution in [2.75, 3.05) is 13.2 Å². The van der Waals surface area contributed by atoms with Gasteiger partial charge < -0.3 is 10.5 Å². The van der Waals surface area contributed by atoms with E-state index in [-0.39, 0.29) is 6.04 Å². The number of rotatable bonds is 2. The number of aromatic nitrogens is 2. The van der Waals surface area contributed by atoms with Gasteiger partial charge in [-0.1, -0.05) is 0 Å². The lowest BCUT2D eigenvalue weighted by Crippen LogP contribution is -2.28. The highest BCUT2D eigenvalue weighted by molar-refractivity contribution is 5.13. The molecule has 84 valence electrons. The lowest BCUT2D eigenvalue weighted by atomic mass is 9.90. The zero-order chi connectivity index (χ0) is 10.8. The third-order valence-electron chi connectivity index (χ3n) is 3.15. The van der Waals surface area contributed by atoms with Crippen LogP contribution in [-0.2, 0) is 11.8 Å². The largest absolute Gasteiger partial charge is 0.381 e. The highest BCUT2D eigenvalue weighted by Gasteiger charge is 2.24. The van der Waals surface area contributed by atoms with E-state index in [1.54, 1.807) is 0 Å². The SMILES string of the molecule is Cc1cc(C(N)C2CCOCC2)n(C)n1. The van der Waals surface area contributed by atoms with Crippen molar-refractivity contribution in [2.45, 2.75) is 25.8 Å². The van der Waals surface area contributed by atoms with E-state index >= 15 is 0 Å². The van der Waals surface area contributed by atoms with Crippen LogP contribution < -0.4 is 5.73 Å². The first-order chi connectivity index (χ1) is 7.18. The highest BCUT2D eigenvalue weighted by atomic mass is 16.5. The molecule has 2 N–H and O–H groups in total. The fourth-order valence-electron chi connectivity index (χ4n) is 2.26. The van der Waals surface area contributed by atoms with Gasteiger partial charge in [-0.05, 0) is 31.7 Å². The van der Waals surface area contributed by atoms with Crippen molar-refractivity contribution < 1.29 is 4.74 Å². The number of hydrogen-bond donors (Lipinski definition) is 1. The Balaban J connectivity index is 2.12. The van der Waals surface area contributed by atoms with Crippen LogP contribution in [0.2, 0.25) is 0 Å². The van der Waals surface area contributed by atoms with Crippen LogP contribution >= 0.6 is 0 Å². The van der Waals surface area contributed by atoms with Crippen molar-refractivity contribution in [3.63, 3.8) is 0 Å². The predicted molar refractivity (Wildman–Crippen MR) is 58.4 cm³/mol. The first kappa shape index (κ1) is 10.6. The van der Waals surface area contributed by atoms with Crippen molar-refractivity contribution >= 4 is 0 Å². The maximum absolute atomic E-state index is 6.27. The Morgan fingerprint density at radius 2 is 2.20 bits per heavy atom. The van der Waals surface area contributed by atoms with Crippen LogP contribution in [0.1, 0.15) is 30.3 Å². The second-order valence-corrected chi connectivity index (χ2v) is 4.31. The highest BCUT2D eigenvalue weighted by Crippen LogP contribution is 2.27. The maximum atomic E-state index is 6.27. The number of hydrogen-bond acceptors (Lipinski definition) is 3. The zero-order valence-corrected chi connectivity index (χ0v) is 9.44. The van der Waals surface area contributed by atoms with Crippen LogP contribution in [-0.4, -0.2) is 23.0 Å². The topological polar surface area (TPSA) is 53.1 Å². The molecule has 0 bridgehead atoms. The van der Waals surface area contributed by atoms with E-state index in [0.29, 0.717) is 5.92 Å². The van der Waals surface area contributed by atoms with Crippen LogP contribution in [0.5, 0.6) is 0 Å². The van der Waals surface area contributed by atoms with Gasteiger partial charge in [0.1, 0.15) is 0 Å². The number of ether oxygens (including phenoxy) is 1. The molecule has 0 spiro atoms. The Hall–Kier alpha value is -0.870. The molecule has 1 saturated heterocycles. The second kappa shape index (κ2) is 4.33. The molecule has 2 rings (SSSR count). The molecule has 0 aromatic carbocycles. The number of nitrogens with zero attached hydrogens (tertiary/aromatic N) is 2. The minimum atomic E-state index is 0.0973. The van der Waals surface area contributed by atoms with Crippen molar-refractivity contribution in [1.82, 2.24) is 9.78 Å². The van der Waals surface area contributed by atoms with Gasteiger partial charge in [0.15, 0.2) is 0 Å². The zero-order valence-electron chi connectivity index (χ0n) is 9.44. The lowest BCUT2D eigenvalue weighted by Gasteiger charge is -2.27. The first-order valence-corrected chi connectivity index (χ1v) is 5.52. The molecule has 1 aliphatic rings. The molecule has 1 aromatic rings. The average molecular weight is 209 g/mol. The molecular formula is C11H19N3O. The van der Waals surface area contributed by atoms with Gasteiger partial charge in [-0.25, -0.2) is 0 Å². The third-order valence-corrected chi connectivity index (χ3v) is 3.15. The second-order valence-electron chi connectivity index (χ2n) is 4.31. The molecule has 4 heteroatoms. The molecule has 0 amide bonds. The lowest BCUT2D eigenvalue weighted by molar-refractivity contribution is 0.0575. The smallest absolute Gasteiger partial charge is 0.0597 e. The molecule has 1 fully saturated rings. The normalized spacial score (nSPS) is 20.5. The van der Waals surface area contributed by atoms with Gasteiger partial charge in [0.25, 0.3) is 0 Å². The summed E-state index contributed by atoms with van der Waals surface area (Å²) in [5, 5.41) is 4.33. The Bertz CT molecular complexity index is 329. The minimum Gasteiger partial charge on any atom is -0.381 e. The molecule has 0 radical (unpaired) electrons. The molecule has 1 unspecified atom stereocenters. The first-order valence-electron chi connectivity index (χ1n) is 5.52. The third kappa shape index (κ3) is 2.21. The summed E-state index contributed by atoms with van der Waals surface area (Å²) in [6.07, 6.45) is 2.12. The van der Waals surface area contributed by atoms with E-state index in [9.17, 15) is 0 Å². The van der Waals surface area contributed by atoms with E-state index in [4.69, 9.17) is 10.5 Å². The Morgan fingerprint density at radius 3 is 2.73 bits per heavy atom. The summed E-state index contributed by atoms with van der Waals surface area (Å²) in [6.45, 7) is 3.69. The summed E-state index contributed by atoms with van der Waals surface area (Å²) >= 11 is 0. The van der Waals surface area contributed by atoms with E-state index in [0.717, 1.165) is 37.4 Å². The van der Waals surface area contributed by atoms with E-state index in [2.05, 4.69) is 11.2 Å². The fraction of sp³-hybridized carbons (Fsp3) is 0.727. The maximum Gasteiger partial charge on any atom is 0.0597 e. The summed E-state index contributed by atoms with van der Waals surface area (Å²) in [6, 6.07) is 2.18. The van der Waals surface area contributed by atoms with Gasteiger partial charge in [0, 0.05) is 26.3 Å². The van der Waals surface area contributed by atoms with Crippen LogP contribution in [0.25, 0.3) is 0 Å². The molecule has 1 atom stereocenters. The molecule has 1 aliphatic heterocycles. The van der Waals surface area contributed by atoms with E-state index in [1.807, 2.05) is 18.7 Å². The monoisotopic (exact) mass is 209 g/mol. The average Bonchev–Trinajstić information content (AvgIpc) is 2.58.